The molecule has 0 bridgehead atoms. The van der Waals surface area contributed by atoms with Crippen molar-refractivity contribution in [2.24, 2.45) is 0 Å². The molecule has 0 aromatic heterocycles. The summed E-state index contributed by atoms with van der Waals surface area (Å²) in [4.78, 5) is 12.1. The average Bonchev–Trinajstić information content (AvgIpc) is 3.01. The highest BCUT2D eigenvalue weighted by Gasteiger charge is 2.17. The smallest absolute Gasteiger partial charge is 0.258 e. The van der Waals surface area contributed by atoms with Crippen LogP contribution in [0.25, 0.3) is 0 Å². The summed E-state index contributed by atoms with van der Waals surface area (Å²) in [6, 6.07) is 10.2. The Kier molecular flexibility index (Phi) is 5.02. The number of carbonyl (C=O) groups excluding carboxylic acids is 1. The van der Waals surface area contributed by atoms with E-state index in [2.05, 4.69) is 5.32 Å². The first kappa shape index (κ1) is 16.7. The van der Waals surface area contributed by atoms with Crippen LogP contribution in [0.1, 0.15) is 18.5 Å². The quantitative estimate of drug-likeness (QED) is 0.868. The molecule has 0 spiro atoms. The fraction of sp³-hybridized carbons (Fsp3) is 0.235. The topological polar surface area (TPSA) is 56.8 Å². The molecule has 1 aliphatic heterocycles. The molecular formula is C17H15Cl2NO4. The van der Waals surface area contributed by atoms with Gasteiger partial charge in [-0.1, -0.05) is 29.3 Å². The molecule has 0 saturated carbocycles. The minimum absolute atomic E-state index is 0.143. The number of halogens is 2. The molecule has 0 aliphatic carbocycles. The van der Waals surface area contributed by atoms with Crippen molar-refractivity contribution in [3.8, 4) is 17.2 Å². The molecule has 1 heterocycles. The first-order valence-electron chi connectivity index (χ1n) is 7.29. The van der Waals surface area contributed by atoms with Crippen LogP contribution in [0.2, 0.25) is 10.0 Å². The number of hydrogen-bond donors (Lipinski definition) is 1. The Balaban J connectivity index is 1.56. The number of carbonyl (C=O) groups is 1. The molecule has 0 radical (unpaired) electrons. The molecule has 7 heteroatoms. The highest BCUT2D eigenvalue weighted by molar-refractivity contribution is 6.35. The van der Waals surface area contributed by atoms with Crippen LogP contribution in [0.4, 0.5) is 0 Å². The number of amides is 1. The van der Waals surface area contributed by atoms with Gasteiger partial charge in [-0.05, 0) is 42.8 Å². The highest BCUT2D eigenvalue weighted by Crippen LogP contribution is 2.34. The van der Waals surface area contributed by atoms with E-state index < -0.39 is 0 Å². The number of hydrogen-bond acceptors (Lipinski definition) is 4. The van der Waals surface area contributed by atoms with Gasteiger partial charge >= 0.3 is 0 Å². The van der Waals surface area contributed by atoms with Gasteiger partial charge in [-0.2, -0.15) is 0 Å². The van der Waals surface area contributed by atoms with Crippen LogP contribution in [0, 0.1) is 0 Å². The SMILES string of the molecule is C[C@H](NC(=O)COc1ccc(Cl)cc1Cl)c1ccc2c(c1)OCO2. The van der Waals surface area contributed by atoms with Crippen molar-refractivity contribution in [2.45, 2.75) is 13.0 Å². The van der Waals surface area contributed by atoms with Gasteiger partial charge < -0.3 is 19.5 Å². The predicted octanol–water partition coefficient (Wildman–Crippen LogP) is 3.98. The minimum atomic E-state index is -0.258. The van der Waals surface area contributed by atoms with Gasteiger partial charge in [-0.25, -0.2) is 0 Å². The lowest BCUT2D eigenvalue weighted by Crippen LogP contribution is -2.31. The van der Waals surface area contributed by atoms with E-state index in [1.807, 2.05) is 25.1 Å². The lowest BCUT2D eigenvalue weighted by Gasteiger charge is -2.15. The summed E-state index contributed by atoms with van der Waals surface area (Å²) in [6.07, 6.45) is 0. The van der Waals surface area contributed by atoms with Gasteiger partial charge in [-0.15, -0.1) is 0 Å². The van der Waals surface area contributed by atoms with Crippen molar-refractivity contribution < 1.29 is 19.0 Å². The zero-order chi connectivity index (χ0) is 17.1. The molecule has 24 heavy (non-hydrogen) atoms. The molecule has 0 unspecified atom stereocenters. The second kappa shape index (κ2) is 7.20. The lowest BCUT2D eigenvalue weighted by atomic mass is 10.1. The zero-order valence-electron chi connectivity index (χ0n) is 12.8. The fourth-order valence-electron chi connectivity index (χ4n) is 2.28. The molecular weight excluding hydrogens is 353 g/mol. The van der Waals surface area contributed by atoms with Gasteiger partial charge in [0.05, 0.1) is 11.1 Å². The number of rotatable bonds is 5. The standard InChI is InChI=1S/C17H15Cl2NO4/c1-10(11-2-4-15-16(6-11)24-9-23-15)20-17(21)8-22-14-5-3-12(18)7-13(14)19/h2-7,10H,8-9H2,1H3,(H,20,21)/t10-/m0/s1. The van der Waals surface area contributed by atoms with Crippen molar-refractivity contribution in [2.75, 3.05) is 13.4 Å². The van der Waals surface area contributed by atoms with Crippen molar-refractivity contribution in [3.05, 3.63) is 52.0 Å². The highest BCUT2D eigenvalue weighted by atomic mass is 35.5. The molecule has 2 aromatic carbocycles. The third-order valence-electron chi connectivity index (χ3n) is 3.53. The zero-order valence-corrected chi connectivity index (χ0v) is 14.4. The van der Waals surface area contributed by atoms with Crippen molar-refractivity contribution in [1.82, 2.24) is 5.32 Å². The van der Waals surface area contributed by atoms with Gasteiger partial charge in [-0.3, -0.25) is 4.79 Å². The third kappa shape index (κ3) is 3.86. The van der Waals surface area contributed by atoms with Crippen molar-refractivity contribution >= 4 is 29.1 Å². The molecule has 0 saturated heterocycles. The van der Waals surface area contributed by atoms with E-state index in [4.69, 9.17) is 37.4 Å². The van der Waals surface area contributed by atoms with Crippen LogP contribution >= 0.6 is 23.2 Å². The Morgan fingerprint density at radius 3 is 2.79 bits per heavy atom. The van der Waals surface area contributed by atoms with Crippen molar-refractivity contribution in [3.63, 3.8) is 0 Å². The Labute approximate surface area is 149 Å². The van der Waals surface area contributed by atoms with E-state index in [9.17, 15) is 4.79 Å². The number of ether oxygens (including phenoxy) is 3. The summed E-state index contributed by atoms with van der Waals surface area (Å²) in [5.74, 6) is 1.54. The van der Waals surface area contributed by atoms with Crippen LogP contribution in [-0.4, -0.2) is 19.3 Å². The van der Waals surface area contributed by atoms with E-state index in [1.165, 1.54) is 0 Å². The molecule has 2 aromatic rings. The molecule has 5 nitrogen and oxygen atoms in total. The summed E-state index contributed by atoms with van der Waals surface area (Å²) in [5, 5.41) is 3.73. The van der Waals surface area contributed by atoms with Gasteiger partial charge in [0, 0.05) is 5.02 Å². The van der Waals surface area contributed by atoms with E-state index in [0.717, 1.165) is 5.56 Å². The van der Waals surface area contributed by atoms with Gasteiger partial charge in [0.15, 0.2) is 18.1 Å². The maximum absolute atomic E-state index is 12.1. The predicted molar refractivity (Wildman–Crippen MR) is 91.1 cm³/mol. The van der Waals surface area contributed by atoms with E-state index in [1.54, 1.807) is 18.2 Å². The third-order valence-corrected chi connectivity index (χ3v) is 4.06. The molecule has 1 amide bonds. The van der Waals surface area contributed by atoms with Gasteiger partial charge in [0.1, 0.15) is 5.75 Å². The average molecular weight is 368 g/mol. The Bertz CT molecular complexity index is 766. The molecule has 3 rings (SSSR count). The largest absolute Gasteiger partial charge is 0.482 e. The summed E-state index contributed by atoms with van der Waals surface area (Å²) in [6.45, 7) is 1.95. The van der Waals surface area contributed by atoms with Crippen LogP contribution in [-0.2, 0) is 4.79 Å². The second-order valence-corrected chi connectivity index (χ2v) is 6.11. The maximum Gasteiger partial charge on any atom is 0.258 e. The summed E-state index contributed by atoms with van der Waals surface area (Å²) in [7, 11) is 0. The normalized spacial score (nSPS) is 13.5. The first-order valence-corrected chi connectivity index (χ1v) is 8.05. The molecule has 126 valence electrons. The van der Waals surface area contributed by atoms with Gasteiger partial charge in [0.25, 0.3) is 5.91 Å². The van der Waals surface area contributed by atoms with E-state index >= 15 is 0 Å². The van der Waals surface area contributed by atoms with E-state index in [-0.39, 0.29) is 25.3 Å². The Hall–Kier alpha value is -2.11. The van der Waals surface area contributed by atoms with Crippen LogP contribution in [0.5, 0.6) is 17.2 Å². The number of fused-ring (bicyclic) bond motifs is 1. The van der Waals surface area contributed by atoms with Crippen LogP contribution < -0.4 is 19.5 Å². The molecule has 1 atom stereocenters. The fourth-order valence-corrected chi connectivity index (χ4v) is 2.75. The minimum Gasteiger partial charge on any atom is -0.482 e. The summed E-state index contributed by atoms with van der Waals surface area (Å²) in [5.41, 5.74) is 0.914. The van der Waals surface area contributed by atoms with Crippen LogP contribution in [0.3, 0.4) is 0 Å². The lowest BCUT2D eigenvalue weighted by molar-refractivity contribution is -0.123. The molecule has 0 fully saturated rings. The molecule has 1 N–H and O–H groups in total. The van der Waals surface area contributed by atoms with Crippen LogP contribution in [0.15, 0.2) is 36.4 Å². The Morgan fingerprint density at radius 2 is 2.00 bits per heavy atom. The monoisotopic (exact) mass is 367 g/mol. The summed E-state index contributed by atoms with van der Waals surface area (Å²) < 4.78 is 16.0. The number of benzene rings is 2. The van der Waals surface area contributed by atoms with Gasteiger partial charge in [0.2, 0.25) is 6.79 Å². The maximum atomic E-state index is 12.1. The molecule has 1 aliphatic rings. The van der Waals surface area contributed by atoms with Crippen molar-refractivity contribution in [1.29, 1.82) is 0 Å². The van der Waals surface area contributed by atoms with E-state index in [0.29, 0.717) is 27.3 Å². The summed E-state index contributed by atoms with van der Waals surface area (Å²) >= 11 is 11.8. The number of nitrogens with one attached hydrogen (secondary N) is 1. The first-order chi connectivity index (χ1) is 11.5. The Morgan fingerprint density at radius 1 is 1.21 bits per heavy atom. The second-order valence-electron chi connectivity index (χ2n) is 5.27.